The first-order valence-electron chi connectivity index (χ1n) is 5.83. The molecule has 0 aliphatic rings. The van der Waals surface area contributed by atoms with Crippen LogP contribution in [0.4, 0.5) is 5.13 Å². The molecule has 1 rings (SSSR count). The predicted octanol–water partition coefficient (Wildman–Crippen LogP) is 2.54. The minimum Gasteiger partial charge on any atom is -0.375 e. The van der Waals surface area contributed by atoms with Gasteiger partial charge in [-0.1, -0.05) is 25.2 Å². The summed E-state index contributed by atoms with van der Waals surface area (Å²) in [6, 6.07) is 0.227. The molecule has 4 nitrogen and oxygen atoms in total. The topological polar surface area (TPSA) is 59.2 Å². The molecule has 1 aromatic heterocycles. The summed E-state index contributed by atoms with van der Waals surface area (Å²) in [5, 5.41) is 0.454. The van der Waals surface area contributed by atoms with Gasteiger partial charge in [0, 0.05) is 13.1 Å². The summed E-state index contributed by atoms with van der Waals surface area (Å²) in [5.41, 5.74) is 6.33. The summed E-state index contributed by atoms with van der Waals surface area (Å²) >= 11 is 1.26. The van der Waals surface area contributed by atoms with Crippen LogP contribution in [0.1, 0.15) is 42.6 Å². The monoisotopic (exact) mass is 255 g/mol. The van der Waals surface area contributed by atoms with Gasteiger partial charge in [0.1, 0.15) is 4.88 Å². The maximum absolute atomic E-state index is 12.2. The molecule has 0 saturated heterocycles. The molecule has 0 radical (unpaired) electrons. The van der Waals surface area contributed by atoms with Crippen molar-refractivity contribution in [3.05, 3.63) is 10.6 Å². The van der Waals surface area contributed by atoms with Crippen LogP contribution in [0.3, 0.4) is 0 Å². The molecule has 0 fully saturated rings. The van der Waals surface area contributed by atoms with Crippen molar-refractivity contribution in [3.8, 4) is 0 Å². The van der Waals surface area contributed by atoms with E-state index in [0.717, 1.165) is 12.1 Å². The molecule has 0 aliphatic heterocycles. The largest absolute Gasteiger partial charge is 0.375 e. The van der Waals surface area contributed by atoms with E-state index < -0.39 is 0 Å². The van der Waals surface area contributed by atoms with Crippen molar-refractivity contribution >= 4 is 22.4 Å². The number of rotatable bonds is 4. The molecule has 1 unspecified atom stereocenters. The lowest BCUT2D eigenvalue weighted by atomic mass is 10.0. The minimum atomic E-state index is 0.0184. The highest BCUT2D eigenvalue weighted by Crippen LogP contribution is 2.22. The molecule has 96 valence electrons. The first-order chi connectivity index (χ1) is 7.82. The SMILES string of the molecule is Cc1nc(N)sc1C(=O)N(C)C(C)CC(C)C. The normalized spacial score (nSPS) is 12.8. The van der Waals surface area contributed by atoms with E-state index in [9.17, 15) is 4.79 Å². The minimum absolute atomic E-state index is 0.0184. The van der Waals surface area contributed by atoms with Gasteiger partial charge in [-0.2, -0.15) is 0 Å². The Morgan fingerprint density at radius 1 is 1.47 bits per heavy atom. The van der Waals surface area contributed by atoms with Crippen LogP contribution >= 0.6 is 11.3 Å². The Kier molecular flexibility index (Phi) is 4.51. The van der Waals surface area contributed by atoms with Crippen molar-refractivity contribution in [2.45, 2.75) is 40.2 Å². The van der Waals surface area contributed by atoms with Crippen LogP contribution in [0, 0.1) is 12.8 Å². The Morgan fingerprint density at radius 2 is 2.06 bits per heavy atom. The maximum atomic E-state index is 12.2. The van der Waals surface area contributed by atoms with Gasteiger partial charge in [0.2, 0.25) is 0 Å². The van der Waals surface area contributed by atoms with Gasteiger partial charge < -0.3 is 10.6 Å². The van der Waals surface area contributed by atoms with Gasteiger partial charge in [0.05, 0.1) is 5.69 Å². The quantitative estimate of drug-likeness (QED) is 0.899. The van der Waals surface area contributed by atoms with E-state index in [0.29, 0.717) is 15.9 Å². The van der Waals surface area contributed by atoms with Gasteiger partial charge in [-0.25, -0.2) is 4.98 Å². The summed E-state index contributed by atoms with van der Waals surface area (Å²) in [5.74, 6) is 0.595. The van der Waals surface area contributed by atoms with E-state index in [1.165, 1.54) is 11.3 Å². The van der Waals surface area contributed by atoms with Crippen molar-refractivity contribution in [3.63, 3.8) is 0 Å². The molecule has 1 atom stereocenters. The van der Waals surface area contributed by atoms with E-state index >= 15 is 0 Å². The van der Waals surface area contributed by atoms with Crippen LogP contribution in [0.5, 0.6) is 0 Å². The van der Waals surface area contributed by atoms with Crippen LogP contribution in [0.2, 0.25) is 0 Å². The van der Waals surface area contributed by atoms with Crippen LogP contribution < -0.4 is 5.73 Å². The standard InChI is InChI=1S/C12H21N3OS/c1-7(2)6-8(3)15(5)11(16)10-9(4)14-12(13)17-10/h7-8H,6H2,1-5H3,(H2,13,14). The molecule has 1 heterocycles. The van der Waals surface area contributed by atoms with E-state index in [4.69, 9.17) is 5.73 Å². The maximum Gasteiger partial charge on any atom is 0.265 e. The van der Waals surface area contributed by atoms with Gasteiger partial charge >= 0.3 is 0 Å². The third kappa shape index (κ3) is 3.43. The number of anilines is 1. The number of amides is 1. The van der Waals surface area contributed by atoms with E-state index in [-0.39, 0.29) is 11.9 Å². The van der Waals surface area contributed by atoms with Crippen molar-refractivity contribution < 1.29 is 4.79 Å². The van der Waals surface area contributed by atoms with Crippen LogP contribution in [-0.2, 0) is 0 Å². The van der Waals surface area contributed by atoms with Crippen molar-refractivity contribution in [1.29, 1.82) is 0 Å². The Labute approximate surface area is 107 Å². The molecule has 1 amide bonds. The first-order valence-corrected chi connectivity index (χ1v) is 6.64. The number of thiazole rings is 1. The van der Waals surface area contributed by atoms with Crippen LogP contribution in [0.25, 0.3) is 0 Å². The zero-order valence-electron chi connectivity index (χ0n) is 11.2. The summed E-state index contributed by atoms with van der Waals surface area (Å²) in [7, 11) is 1.84. The number of carbonyl (C=O) groups excluding carboxylic acids is 1. The van der Waals surface area contributed by atoms with Gasteiger partial charge in [0.25, 0.3) is 5.91 Å². The predicted molar refractivity (Wildman–Crippen MR) is 72.3 cm³/mol. The fourth-order valence-electron chi connectivity index (χ4n) is 1.82. The third-order valence-electron chi connectivity index (χ3n) is 2.80. The fraction of sp³-hybridized carbons (Fsp3) is 0.667. The molecular weight excluding hydrogens is 234 g/mol. The zero-order valence-corrected chi connectivity index (χ0v) is 12.0. The second-order valence-electron chi connectivity index (χ2n) is 4.86. The summed E-state index contributed by atoms with van der Waals surface area (Å²) < 4.78 is 0. The third-order valence-corrected chi connectivity index (χ3v) is 3.78. The smallest absolute Gasteiger partial charge is 0.265 e. The highest BCUT2D eigenvalue weighted by Gasteiger charge is 2.22. The summed E-state index contributed by atoms with van der Waals surface area (Å²) in [4.78, 5) is 18.8. The average molecular weight is 255 g/mol. The second kappa shape index (κ2) is 5.49. The highest BCUT2D eigenvalue weighted by molar-refractivity contribution is 7.17. The molecule has 1 aromatic rings. The number of nitrogens with two attached hydrogens (primary N) is 1. The number of nitrogens with zero attached hydrogens (tertiary/aromatic N) is 2. The van der Waals surface area contributed by atoms with E-state index in [1.54, 1.807) is 4.90 Å². The summed E-state index contributed by atoms with van der Waals surface area (Å²) in [6.07, 6.45) is 0.996. The lowest BCUT2D eigenvalue weighted by Crippen LogP contribution is -2.35. The molecule has 2 N–H and O–H groups in total. The number of hydrogen-bond acceptors (Lipinski definition) is 4. The first kappa shape index (κ1) is 14.0. The van der Waals surface area contributed by atoms with Crippen LogP contribution in [0.15, 0.2) is 0 Å². The lowest BCUT2D eigenvalue weighted by Gasteiger charge is -2.26. The average Bonchev–Trinajstić information content (AvgIpc) is 2.54. The van der Waals surface area contributed by atoms with Crippen LogP contribution in [-0.4, -0.2) is 28.9 Å². The van der Waals surface area contributed by atoms with Gasteiger partial charge in [-0.05, 0) is 26.2 Å². The van der Waals surface area contributed by atoms with E-state index in [2.05, 4.69) is 25.8 Å². The highest BCUT2D eigenvalue weighted by atomic mass is 32.1. The molecule has 0 bridgehead atoms. The molecule has 0 saturated carbocycles. The molecule has 5 heteroatoms. The number of aryl methyl sites for hydroxylation is 1. The number of aromatic nitrogens is 1. The molecule has 17 heavy (non-hydrogen) atoms. The Bertz CT molecular complexity index is 400. The Morgan fingerprint density at radius 3 is 2.47 bits per heavy atom. The molecule has 0 aromatic carbocycles. The molecule has 0 aliphatic carbocycles. The number of nitrogen functional groups attached to an aromatic ring is 1. The Balaban J connectivity index is 2.79. The molecular formula is C12H21N3OS. The second-order valence-corrected chi connectivity index (χ2v) is 5.89. The molecule has 0 spiro atoms. The lowest BCUT2D eigenvalue weighted by molar-refractivity contribution is 0.0732. The fourth-order valence-corrected chi connectivity index (χ4v) is 2.63. The van der Waals surface area contributed by atoms with Crippen molar-refractivity contribution in [2.75, 3.05) is 12.8 Å². The van der Waals surface area contributed by atoms with Gasteiger partial charge in [-0.3, -0.25) is 4.79 Å². The van der Waals surface area contributed by atoms with Crippen molar-refractivity contribution in [2.24, 2.45) is 5.92 Å². The summed E-state index contributed by atoms with van der Waals surface area (Å²) in [6.45, 7) is 8.20. The number of hydrogen-bond donors (Lipinski definition) is 1. The van der Waals surface area contributed by atoms with Gasteiger partial charge in [-0.15, -0.1) is 0 Å². The van der Waals surface area contributed by atoms with Crippen molar-refractivity contribution in [1.82, 2.24) is 9.88 Å². The van der Waals surface area contributed by atoms with E-state index in [1.807, 2.05) is 14.0 Å². The van der Waals surface area contributed by atoms with Gasteiger partial charge in [0.15, 0.2) is 5.13 Å². The number of carbonyl (C=O) groups is 1. The Hall–Kier alpha value is -1.10. The zero-order chi connectivity index (χ0) is 13.2.